The van der Waals surface area contributed by atoms with Crippen molar-refractivity contribution in [2.24, 2.45) is 0 Å². The van der Waals surface area contributed by atoms with Crippen molar-refractivity contribution in [3.63, 3.8) is 0 Å². The van der Waals surface area contributed by atoms with Crippen molar-refractivity contribution in [1.82, 2.24) is 0 Å². The second kappa shape index (κ2) is 21.0. The average molecular weight is 150 g/mol. The van der Waals surface area contributed by atoms with Gasteiger partial charge >= 0.3 is 33.5 Å². The molecule has 31 valence electrons. The summed E-state index contributed by atoms with van der Waals surface area (Å²) in [6, 6.07) is 0. The van der Waals surface area contributed by atoms with E-state index in [2.05, 4.69) is 13.2 Å². The van der Waals surface area contributed by atoms with Crippen LogP contribution in [0.1, 0.15) is 0 Å². The van der Waals surface area contributed by atoms with Gasteiger partial charge in [0.15, 0.2) is 0 Å². The predicted molar refractivity (Wildman–Crippen MR) is 21.6 cm³/mol. The third-order valence-electron chi connectivity index (χ3n) is 0. The summed E-state index contributed by atoms with van der Waals surface area (Å²) >= 11 is -0.181. The molecule has 0 bridgehead atoms. The molecule has 0 unspecified atom stereocenters. The van der Waals surface area contributed by atoms with Crippen LogP contribution in [-0.4, -0.2) is 0 Å². The van der Waals surface area contributed by atoms with E-state index in [4.69, 9.17) is 20.1 Å². The van der Waals surface area contributed by atoms with Crippen molar-refractivity contribution >= 4 is 20.1 Å². The van der Waals surface area contributed by atoms with Gasteiger partial charge in [-0.1, -0.05) is 0 Å². The van der Waals surface area contributed by atoms with E-state index in [1.54, 1.807) is 0 Å². The summed E-state index contributed by atoms with van der Waals surface area (Å²) in [5.41, 5.74) is 0. The van der Waals surface area contributed by atoms with Crippen LogP contribution in [0.15, 0.2) is 6.58 Å². The molecule has 0 aliphatic rings. The molecule has 0 amide bonds. The maximum atomic E-state index is 4.83. The van der Waals surface area contributed by atoms with E-state index in [-0.39, 0.29) is 13.4 Å². The normalized spacial score (nSPS) is 3.60. The molecular weight excluding hydrogens is 147 g/mol. The molecular formula is C2H3Cl2Cr. The Hall–Kier alpha value is 0.852. The molecule has 0 fully saturated rings. The molecule has 0 aromatic rings. The number of hydrogen-bond donors (Lipinski definition) is 0. The molecule has 5 heavy (non-hydrogen) atoms. The molecule has 0 rings (SSSR count). The molecule has 0 atom stereocenters. The van der Waals surface area contributed by atoms with Crippen molar-refractivity contribution in [3.05, 3.63) is 13.2 Å². The molecule has 0 saturated carbocycles. The van der Waals surface area contributed by atoms with Crippen LogP contribution in [0.25, 0.3) is 0 Å². The van der Waals surface area contributed by atoms with Crippen molar-refractivity contribution in [1.29, 1.82) is 0 Å². The van der Waals surface area contributed by atoms with Crippen LogP contribution in [0.4, 0.5) is 0 Å². The molecule has 0 spiro atoms. The topological polar surface area (TPSA) is 0 Å². The zero-order chi connectivity index (χ0) is 4.71. The SMILES string of the molecule is [CH-]=C.[Cl][Cr+][Cl]. The quantitative estimate of drug-likeness (QED) is 0.463. The van der Waals surface area contributed by atoms with Crippen LogP contribution in [0.2, 0.25) is 0 Å². The summed E-state index contributed by atoms with van der Waals surface area (Å²) < 4.78 is 0. The van der Waals surface area contributed by atoms with Crippen LogP contribution in [0.3, 0.4) is 0 Å². The van der Waals surface area contributed by atoms with Gasteiger partial charge in [-0.3, -0.25) is 6.58 Å². The van der Waals surface area contributed by atoms with E-state index >= 15 is 0 Å². The zero-order valence-corrected chi connectivity index (χ0v) is 5.24. The summed E-state index contributed by atoms with van der Waals surface area (Å²) in [4.78, 5) is 0. The molecule has 0 aromatic heterocycles. The van der Waals surface area contributed by atoms with E-state index in [0.717, 1.165) is 0 Å². The third-order valence-corrected chi connectivity index (χ3v) is 0. The van der Waals surface area contributed by atoms with Gasteiger partial charge in [0, 0.05) is 0 Å². The molecule has 0 aliphatic carbocycles. The van der Waals surface area contributed by atoms with Gasteiger partial charge in [0.25, 0.3) is 0 Å². The second-order valence-corrected chi connectivity index (χ2v) is 2.16. The standard InChI is InChI=1S/C2H3.2ClH.Cr/c1-2;;;/h1H,2H2;2*1H;/q-1;;;+3/p-2. The Bertz CT molecular complexity index is 11.6. The summed E-state index contributed by atoms with van der Waals surface area (Å²) in [6.07, 6.45) is 0. The summed E-state index contributed by atoms with van der Waals surface area (Å²) in [5, 5.41) is 0. The van der Waals surface area contributed by atoms with Gasteiger partial charge in [0.1, 0.15) is 0 Å². The Morgan fingerprint density at radius 3 is 1.40 bits per heavy atom. The number of hydrogen-bond acceptors (Lipinski definition) is 0. The predicted octanol–water partition coefficient (Wildman–Crippen LogP) is 1.98. The molecule has 0 aromatic carbocycles. The zero-order valence-electron chi connectivity index (χ0n) is 2.45. The van der Waals surface area contributed by atoms with E-state index in [1.807, 2.05) is 0 Å². The van der Waals surface area contributed by atoms with Crippen molar-refractivity contribution in [2.75, 3.05) is 0 Å². The first-order valence-electron chi connectivity index (χ1n) is 0.717. The van der Waals surface area contributed by atoms with Crippen molar-refractivity contribution < 1.29 is 13.4 Å². The molecule has 0 aliphatic heterocycles. The Labute approximate surface area is 46.9 Å². The van der Waals surface area contributed by atoms with Crippen molar-refractivity contribution in [3.8, 4) is 0 Å². The molecule has 0 radical (unpaired) electrons. The minimum atomic E-state index is -0.181. The molecule has 0 saturated heterocycles. The Kier molecular flexibility index (Phi) is 39.0. The van der Waals surface area contributed by atoms with E-state index in [0.29, 0.717) is 0 Å². The van der Waals surface area contributed by atoms with Crippen LogP contribution >= 0.6 is 20.1 Å². The van der Waals surface area contributed by atoms with Crippen LogP contribution in [0, 0.1) is 6.58 Å². The molecule has 0 nitrogen and oxygen atoms in total. The van der Waals surface area contributed by atoms with E-state index in [1.165, 1.54) is 0 Å². The maximum absolute atomic E-state index is 4.83. The first-order chi connectivity index (χ1) is 2.41. The monoisotopic (exact) mass is 149 g/mol. The molecule has 0 N–H and O–H groups in total. The van der Waals surface area contributed by atoms with Gasteiger partial charge < -0.3 is 6.58 Å². The Balaban J connectivity index is 0. The molecule has 0 heterocycles. The van der Waals surface area contributed by atoms with Gasteiger partial charge in [-0.2, -0.15) is 0 Å². The van der Waals surface area contributed by atoms with Gasteiger partial charge in [0.2, 0.25) is 0 Å². The van der Waals surface area contributed by atoms with Crippen LogP contribution < -0.4 is 0 Å². The Morgan fingerprint density at radius 1 is 1.40 bits per heavy atom. The van der Waals surface area contributed by atoms with Crippen LogP contribution in [0.5, 0.6) is 0 Å². The second-order valence-electron chi connectivity index (χ2n) is 0.0583. The third kappa shape index (κ3) is 54.3. The van der Waals surface area contributed by atoms with Gasteiger partial charge in [-0.05, 0) is 0 Å². The summed E-state index contributed by atoms with van der Waals surface area (Å²) in [5.74, 6) is 0. The fraction of sp³-hybridized carbons (Fsp3) is 0. The van der Waals surface area contributed by atoms with Crippen LogP contribution in [-0.2, 0) is 13.4 Å². The Morgan fingerprint density at radius 2 is 1.40 bits per heavy atom. The summed E-state index contributed by atoms with van der Waals surface area (Å²) in [6.45, 7) is 7.00. The van der Waals surface area contributed by atoms with Gasteiger partial charge in [-0.15, -0.1) is 0 Å². The van der Waals surface area contributed by atoms with Crippen molar-refractivity contribution in [2.45, 2.75) is 0 Å². The van der Waals surface area contributed by atoms with E-state index < -0.39 is 0 Å². The number of halogens is 2. The van der Waals surface area contributed by atoms with E-state index in [9.17, 15) is 0 Å². The average Bonchev–Trinajstić information content (AvgIpc) is 1.46. The fourth-order valence-electron chi connectivity index (χ4n) is 0. The van der Waals surface area contributed by atoms with Gasteiger partial charge in [-0.25, -0.2) is 0 Å². The first kappa shape index (κ1) is 9.29. The molecule has 3 heteroatoms. The van der Waals surface area contributed by atoms with Gasteiger partial charge in [0.05, 0.1) is 0 Å². The number of rotatable bonds is 0. The first-order valence-corrected chi connectivity index (χ1v) is 4.23. The minimum absolute atomic E-state index is 0.181. The fourth-order valence-corrected chi connectivity index (χ4v) is 0. The summed E-state index contributed by atoms with van der Waals surface area (Å²) in [7, 11) is 9.65.